The Kier molecular flexibility index (Phi) is 5.93. The average molecular weight is 414 g/mol. The number of likely N-dealkylation sites (tertiary alicyclic amines) is 1. The van der Waals surface area contributed by atoms with Crippen LogP contribution in [0.5, 0.6) is 0 Å². The third-order valence-corrected chi connectivity index (χ3v) is 5.63. The number of halogens is 2. The average Bonchev–Trinajstić information content (AvgIpc) is 3.16. The van der Waals surface area contributed by atoms with E-state index in [2.05, 4.69) is 20.9 Å². The Hall–Kier alpha value is -1.98. The summed E-state index contributed by atoms with van der Waals surface area (Å²) >= 11 is 12.3. The van der Waals surface area contributed by atoms with Crippen LogP contribution in [0.1, 0.15) is 29.6 Å². The van der Waals surface area contributed by atoms with E-state index in [1.165, 1.54) is 5.56 Å². The van der Waals surface area contributed by atoms with E-state index >= 15 is 0 Å². The zero-order valence-electron chi connectivity index (χ0n) is 15.3. The topological polar surface area (TPSA) is 49.2 Å². The van der Waals surface area contributed by atoms with Crippen molar-refractivity contribution in [2.45, 2.75) is 18.4 Å². The van der Waals surface area contributed by atoms with Gasteiger partial charge in [0.05, 0.1) is 11.8 Å². The van der Waals surface area contributed by atoms with Crippen LogP contribution in [0, 0.1) is 0 Å². The number of rotatable bonds is 5. The highest BCUT2D eigenvalue weighted by molar-refractivity contribution is 6.35. The number of benzene rings is 1. The molecular weight excluding hydrogens is 393 g/mol. The van der Waals surface area contributed by atoms with Gasteiger partial charge in [-0.3, -0.25) is 14.9 Å². The van der Waals surface area contributed by atoms with E-state index in [-0.39, 0.29) is 0 Å². The fraction of sp³-hybridized carbons (Fsp3) is 0.273. The van der Waals surface area contributed by atoms with Crippen molar-refractivity contribution in [1.29, 1.82) is 0 Å². The van der Waals surface area contributed by atoms with Gasteiger partial charge in [-0.25, -0.2) is 0 Å². The van der Waals surface area contributed by atoms with Gasteiger partial charge in [0.1, 0.15) is 0 Å². The van der Waals surface area contributed by atoms with Gasteiger partial charge in [0, 0.05) is 52.9 Å². The summed E-state index contributed by atoms with van der Waals surface area (Å²) in [5, 5.41) is 12.1. The van der Waals surface area contributed by atoms with Crippen LogP contribution in [0.15, 0.2) is 61.1 Å². The molecule has 1 aliphatic heterocycles. The standard InChI is InChI=1S/C22H21Cl2N3O/c23-18-9-17(10-19(24)11-18)22-20(4-2-7-26-22)21(28)14-27-8-5-16(13-27)15-3-1-6-25-12-15/h1-4,6-7,9-12,16,21,28H,5,8,13-14H2. The predicted molar refractivity (Wildman–Crippen MR) is 113 cm³/mol. The summed E-state index contributed by atoms with van der Waals surface area (Å²) in [7, 11) is 0. The highest BCUT2D eigenvalue weighted by Crippen LogP contribution is 2.33. The van der Waals surface area contributed by atoms with Crippen LogP contribution < -0.4 is 0 Å². The van der Waals surface area contributed by atoms with Crippen molar-refractivity contribution in [2.24, 2.45) is 0 Å². The van der Waals surface area contributed by atoms with Gasteiger partial charge >= 0.3 is 0 Å². The molecule has 1 aromatic carbocycles. The van der Waals surface area contributed by atoms with Crippen molar-refractivity contribution >= 4 is 23.2 Å². The smallest absolute Gasteiger partial charge is 0.0937 e. The van der Waals surface area contributed by atoms with Crippen LogP contribution in [-0.4, -0.2) is 39.6 Å². The molecule has 4 rings (SSSR count). The molecule has 28 heavy (non-hydrogen) atoms. The van der Waals surface area contributed by atoms with Crippen LogP contribution in [0.4, 0.5) is 0 Å². The lowest BCUT2D eigenvalue weighted by Crippen LogP contribution is -2.26. The summed E-state index contributed by atoms with van der Waals surface area (Å²) < 4.78 is 0. The minimum atomic E-state index is -0.644. The van der Waals surface area contributed by atoms with Gasteiger partial charge in [0.2, 0.25) is 0 Å². The van der Waals surface area contributed by atoms with Crippen molar-refractivity contribution in [3.63, 3.8) is 0 Å². The molecule has 6 heteroatoms. The lowest BCUT2D eigenvalue weighted by molar-refractivity contribution is 0.125. The third kappa shape index (κ3) is 4.36. The van der Waals surface area contributed by atoms with E-state index in [4.69, 9.17) is 23.2 Å². The number of hydrogen-bond acceptors (Lipinski definition) is 4. The first kappa shape index (κ1) is 19.3. The Morgan fingerprint density at radius 2 is 1.89 bits per heavy atom. The fourth-order valence-electron chi connectivity index (χ4n) is 3.85. The Morgan fingerprint density at radius 1 is 1.11 bits per heavy atom. The van der Waals surface area contributed by atoms with Crippen LogP contribution in [0.3, 0.4) is 0 Å². The SMILES string of the molecule is OC(CN1CCC(c2cccnc2)C1)c1cccnc1-c1cc(Cl)cc(Cl)c1. The number of β-amino-alcohol motifs (C(OH)–C–C–N with tert-alkyl or cyclic N) is 1. The number of aliphatic hydroxyl groups is 1. The maximum atomic E-state index is 11.0. The van der Waals surface area contributed by atoms with Gasteiger partial charge in [0.25, 0.3) is 0 Å². The number of pyridine rings is 2. The molecule has 2 aromatic heterocycles. The summed E-state index contributed by atoms with van der Waals surface area (Å²) in [6.45, 7) is 2.43. The molecule has 4 nitrogen and oxygen atoms in total. The summed E-state index contributed by atoms with van der Waals surface area (Å²) in [5.41, 5.74) is 3.56. The molecule has 2 atom stereocenters. The van der Waals surface area contributed by atoms with Crippen LogP contribution in [0.25, 0.3) is 11.3 Å². The monoisotopic (exact) mass is 413 g/mol. The molecule has 1 fully saturated rings. The van der Waals surface area contributed by atoms with Gasteiger partial charge in [-0.15, -0.1) is 0 Å². The second-order valence-electron chi connectivity index (χ2n) is 7.15. The molecule has 1 N–H and O–H groups in total. The number of nitrogens with zero attached hydrogens (tertiary/aromatic N) is 3. The first-order chi connectivity index (χ1) is 13.6. The maximum absolute atomic E-state index is 11.0. The summed E-state index contributed by atoms with van der Waals surface area (Å²) in [6.07, 6.45) is 5.88. The number of aromatic nitrogens is 2. The molecule has 3 aromatic rings. The molecular formula is C22H21Cl2N3O. The Bertz CT molecular complexity index is 931. The number of aliphatic hydroxyl groups excluding tert-OH is 1. The van der Waals surface area contributed by atoms with E-state index in [0.29, 0.717) is 28.2 Å². The second-order valence-corrected chi connectivity index (χ2v) is 8.02. The van der Waals surface area contributed by atoms with Gasteiger partial charge in [-0.1, -0.05) is 35.3 Å². The Morgan fingerprint density at radius 3 is 2.64 bits per heavy atom. The minimum absolute atomic E-state index is 0.459. The molecule has 0 bridgehead atoms. The molecule has 2 unspecified atom stereocenters. The van der Waals surface area contributed by atoms with E-state index in [0.717, 1.165) is 30.6 Å². The largest absolute Gasteiger partial charge is 0.387 e. The summed E-state index contributed by atoms with van der Waals surface area (Å²) in [6, 6.07) is 13.2. The lowest BCUT2D eigenvalue weighted by Gasteiger charge is -2.22. The van der Waals surface area contributed by atoms with Crippen molar-refractivity contribution in [3.8, 4) is 11.3 Å². The van der Waals surface area contributed by atoms with Crippen molar-refractivity contribution in [3.05, 3.63) is 82.2 Å². The van der Waals surface area contributed by atoms with Gasteiger partial charge in [-0.2, -0.15) is 0 Å². The fourth-order valence-corrected chi connectivity index (χ4v) is 4.38. The molecule has 0 radical (unpaired) electrons. The van der Waals surface area contributed by atoms with Crippen molar-refractivity contribution < 1.29 is 5.11 Å². The molecule has 0 amide bonds. The zero-order valence-corrected chi connectivity index (χ0v) is 16.8. The molecule has 1 aliphatic rings. The Labute approximate surface area is 174 Å². The molecule has 3 heterocycles. The van der Waals surface area contributed by atoms with E-state index in [1.54, 1.807) is 18.5 Å². The number of hydrogen-bond donors (Lipinski definition) is 1. The van der Waals surface area contributed by atoms with Crippen LogP contribution >= 0.6 is 23.2 Å². The zero-order chi connectivity index (χ0) is 19.5. The second kappa shape index (κ2) is 8.58. The van der Waals surface area contributed by atoms with Gasteiger partial charge in [0.15, 0.2) is 0 Å². The van der Waals surface area contributed by atoms with Crippen LogP contribution in [-0.2, 0) is 0 Å². The molecule has 0 spiro atoms. The highest BCUT2D eigenvalue weighted by atomic mass is 35.5. The quantitative estimate of drug-likeness (QED) is 0.640. The Balaban J connectivity index is 1.51. The predicted octanol–water partition coefficient (Wildman–Crippen LogP) is 4.97. The first-order valence-corrected chi connectivity index (χ1v) is 10.1. The van der Waals surface area contributed by atoms with E-state index < -0.39 is 6.10 Å². The molecule has 144 valence electrons. The summed E-state index contributed by atoms with van der Waals surface area (Å²) in [4.78, 5) is 11.0. The summed E-state index contributed by atoms with van der Waals surface area (Å²) in [5.74, 6) is 0.459. The minimum Gasteiger partial charge on any atom is -0.387 e. The van der Waals surface area contributed by atoms with Crippen molar-refractivity contribution in [2.75, 3.05) is 19.6 Å². The third-order valence-electron chi connectivity index (χ3n) is 5.19. The lowest BCUT2D eigenvalue weighted by atomic mass is 10.0. The molecule has 0 saturated carbocycles. The van der Waals surface area contributed by atoms with Crippen molar-refractivity contribution in [1.82, 2.24) is 14.9 Å². The van der Waals surface area contributed by atoms with Crippen LogP contribution in [0.2, 0.25) is 10.0 Å². The molecule has 1 saturated heterocycles. The normalized spacial score (nSPS) is 18.3. The molecule has 0 aliphatic carbocycles. The van der Waals surface area contributed by atoms with Gasteiger partial charge in [-0.05, 0) is 54.8 Å². The van der Waals surface area contributed by atoms with Gasteiger partial charge < -0.3 is 5.11 Å². The maximum Gasteiger partial charge on any atom is 0.0937 e. The van der Waals surface area contributed by atoms with E-state index in [1.807, 2.05) is 36.5 Å². The first-order valence-electron chi connectivity index (χ1n) is 9.32. The highest BCUT2D eigenvalue weighted by Gasteiger charge is 2.26. The van der Waals surface area contributed by atoms with E-state index in [9.17, 15) is 5.11 Å².